The number of nitrogens with one attached hydrogen (secondary N) is 1. The van der Waals surface area contributed by atoms with Crippen LogP contribution in [-0.2, 0) is 26.2 Å². The highest BCUT2D eigenvalue weighted by molar-refractivity contribution is 7.92. The molecular weight excluding hydrogens is 505 g/mol. The number of aryl methyl sites for hydroxylation is 1. The Morgan fingerprint density at radius 1 is 0.921 bits per heavy atom. The Morgan fingerprint density at radius 2 is 1.50 bits per heavy atom. The van der Waals surface area contributed by atoms with Crippen LogP contribution < -0.4 is 9.62 Å². The average molecular weight is 540 g/mol. The molecule has 0 saturated heterocycles. The minimum absolute atomic E-state index is 0.00909. The number of para-hydroxylation sites is 1. The largest absolute Gasteiger partial charge is 0.350 e. The molecule has 0 fully saturated rings. The molecule has 0 heterocycles. The van der Waals surface area contributed by atoms with Crippen molar-refractivity contribution in [2.24, 2.45) is 0 Å². The van der Waals surface area contributed by atoms with Crippen molar-refractivity contribution in [1.29, 1.82) is 0 Å². The minimum atomic E-state index is -4.12. The van der Waals surface area contributed by atoms with E-state index >= 15 is 0 Å². The molecule has 1 atom stereocenters. The van der Waals surface area contributed by atoms with Gasteiger partial charge < -0.3 is 10.2 Å². The number of anilines is 1. The fourth-order valence-corrected chi connectivity index (χ4v) is 5.42. The molecule has 0 aliphatic carbocycles. The number of nitrogens with zero attached hydrogens (tertiary/aromatic N) is 2. The van der Waals surface area contributed by atoms with Gasteiger partial charge in [-0.25, -0.2) is 12.8 Å². The highest BCUT2D eigenvalue weighted by Gasteiger charge is 2.33. The fourth-order valence-electron chi connectivity index (χ4n) is 3.92. The van der Waals surface area contributed by atoms with Crippen molar-refractivity contribution in [2.45, 2.75) is 57.6 Å². The van der Waals surface area contributed by atoms with E-state index < -0.39 is 39.9 Å². The first kappa shape index (κ1) is 28.8. The van der Waals surface area contributed by atoms with Crippen LogP contribution in [0.15, 0.2) is 83.8 Å². The van der Waals surface area contributed by atoms with Gasteiger partial charge in [-0.05, 0) is 76.1 Å². The van der Waals surface area contributed by atoms with Crippen molar-refractivity contribution >= 4 is 27.5 Å². The number of hydrogen-bond donors (Lipinski definition) is 1. The van der Waals surface area contributed by atoms with Gasteiger partial charge in [0.2, 0.25) is 11.8 Å². The molecule has 3 aromatic rings. The van der Waals surface area contributed by atoms with Gasteiger partial charge in [-0.2, -0.15) is 0 Å². The standard InChI is InChI=1S/C29H34FN3O4S/c1-21-11-9-10-14-26(21)33(38(36,37)25-12-7-6-8-13-25)20-27(34)32(19-23-15-17-24(30)18-16-23)22(2)28(35)31-29(3,4)5/h6-18,22H,19-20H2,1-5H3,(H,31,35)/t22-/m0/s1. The van der Waals surface area contributed by atoms with Crippen LogP contribution >= 0.6 is 0 Å². The fraction of sp³-hybridized carbons (Fsp3) is 0.310. The van der Waals surface area contributed by atoms with Crippen LogP contribution in [0.1, 0.15) is 38.8 Å². The van der Waals surface area contributed by atoms with Crippen molar-refractivity contribution in [3.8, 4) is 0 Å². The van der Waals surface area contributed by atoms with E-state index in [-0.39, 0.29) is 17.3 Å². The Kier molecular flexibility index (Phi) is 8.93. The summed E-state index contributed by atoms with van der Waals surface area (Å²) < 4.78 is 42.1. The van der Waals surface area contributed by atoms with Gasteiger partial charge in [0.15, 0.2) is 0 Å². The Balaban J connectivity index is 2.03. The maximum Gasteiger partial charge on any atom is 0.264 e. The smallest absolute Gasteiger partial charge is 0.264 e. The summed E-state index contributed by atoms with van der Waals surface area (Å²) in [4.78, 5) is 28.3. The Bertz CT molecular complexity index is 1370. The molecule has 1 N–H and O–H groups in total. The number of sulfonamides is 1. The highest BCUT2D eigenvalue weighted by atomic mass is 32.2. The van der Waals surface area contributed by atoms with Crippen LogP contribution in [-0.4, -0.2) is 43.3 Å². The first-order valence-corrected chi connectivity index (χ1v) is 13.7. The van der Waals surface area contributed by atoms with Crippen LogP contribution in [0.2, 0.25) is 0 Å². The maximum atomic E-state index is 13.9. The van der Waals surface area contributed by atoms with Gasteiger partial charge in [-0.15, -0.1) is 0 Å². The third-order valence-corrected chi connectivity index (χ3v) is 7.70. The van der Waals surface area contributed by atoms with E-state index in [1.54, 1.807) is 56.3 Å². The lowest BCUT2D eigenvalue weighted by Crippen LogP contribution is -2.54. The minimum Gasteiger partial charge on any atom is -0.350 e. The van der Waals surface area contributed by atoms with Crippen molar-refractivity contribution in [2.75, 3.05) is 10.8 Å². The van der Waals surface area contributed by atoms with Gasteiger partial charge in [0.1, 0.15) is 18.4 Å². The maximum absolute atomic E-state index is 13.9. The van der Waals surface area contributed by atoms with E-state index in [4.69, 9.17) is 0 Å². The lowest BCUT2D eigenvalue weighted by molar-refractivity contribution is -0.140. The molecule has 2 amide bonds. The molecule has 202 valence electrons. The number of amides is 2. The van der Waals surface area contributed by atoms with Gasteiger partial charge in [0.05, 0.1) is 10.6 Å². The summed E-state index contributed by atoms with van der Waals surface area (Å²) in [5.41, 5.74) is 1.09. The highest BCUT2D eigenvalue weighted by Crippen LogP contribution is 2.27. The molecular formula is C29H34FN3O4S. The molecule has 0 aromatic heterocycles. The van der Waals surface area contributed by atoms with Gasteiger partial charge >= 0.3 is 0 Å². The summed E-state index contributed by atoms with van der Waals surface area (Å²) in [6.45, 7) is 8.30. The Morgan fingerprint density at radius 3 is 2.08 bits per heavy atom. The van der Waals surface area contributed by atoms with Crippen LogP contribution in [0.5, 0.6) is 0 Å². The van der Waals surface area contributed by atoms with Crippen molar-refractivity contribution in [1.82, 2.24) is 10.2 Å². The van der Waals surface area contributed by atoms with Crippen molar-refractivity contribution in [3.05, 3.63) is 95.8 Å². The number of hydrogen-bond acceptors (Lipinski definition) is 4. The summed E-state index contributed by atoms with van der Waals surface area (Å²) in [6, 6.07) is 19.5. The number of rotatable bonds is 9. The molecule has 0 bridgehead atoms. The van der Waals surface area contributed by atoms with E-state index in [0.717, 1.165) is 4.31 Å². The third-order valence-electron chi connectivity index (χ3n) is 5.93. The van der Waals surface area contributed by atoms with Gasteiger partial charge in [0.25, 0.3) is 10.0 Å². The second-order valence-electron chi connectivity index (χ2n) is 10.2. The summed E-state index contributed by atoms with van der Waals surface area (Å²) in [5, 5.41) is 2.87. The van der Waals surface area contributed by atoms with Crippen LogP contribution in [0.25, 0.3) is 0 Å². The summed E-state index contributed by atoms with van der Waals surface area (Å²) in [6.07, 6.45) is 0. The van der Waals surface area contributed by atoms with E-state index in [1.807, 2.05) is 20.8 Å². The lowest BCUT2D eigenvalue weighted by Gasteiger charge is -2.33. The SMILES string of the molecule is Cc1ccccc1N(CC(=O)N(Cc1ccc(F)cc1)[C@@H](C)C(=O)NC(C)(C)C)S(=O)(=O)c1ccccc1. The van der Waals surface area contributed by atoms with E-state index in [2.05, 4.69) is 5.32 Å². The Labute approximate surface area is 224 Å². The summed E-state index contributed by atoms with van der Waals surface area (Å²) in [5.74, 6) is -1.39. The van der Waals surface area contributed by atoms with Crippen LogP contribution in [0.3, 0.4) is 0 Å². The van der Waals surface area contributed by atoms with Crippen LogP contribution in [0, 0.1) is 12.7 Å². The predicted molar refractivity (Wildman–Crippen MR) is 146 cm³/mol. The van der Waals surface area contributed by atoms with E-state index in [9.17, 15) is 22.4 Å². The number of carbonyl (C=O) groups excluding carboxylic acids is 2. The molecule has 3 rings (SSSR count). The normalized spacial score (nSPS) is 12.5. The van der Waals surface area contributed by atoms with E-state index in [0.29, 0.717) is 16.8 Å². The van der Waals surface area contributed by atoms with Gasteiger partial charge in [0, 0.05) is 12.1 Å². The monoisotopic (exact) mass is 539 g/mol. The lowest BCUT2D eigenvalue weighted by atomic mass is 10.1. The molecule has 0 aliphatic rings. The zero-order valence-electron chi connectivity index (χ0n) is 22.3. The second-order valence-corrected chi connectivity index (χ2v) is 12.0. The molecule has 0 saturated carbocycles. The molecule has 0 unspecified atom stereocenters. The quantitative estimate of drug-likeness (QED) is 0.429. The molecule has 38 heavy (non-hydrogen) atoms. The van der Waals surface area contributed by atoms with Gasteiger partial charge in [-0.3, -0.25) is 13.9 Å². The summed E-state index contributed by atoms with van der Waals surface area (Å²) >= 11 is 0. The van der Waals surface area contributed by atoms with Crippen LogP contribution in [0.4, 0.5) is 10.1 Å². The molecule has 0 aliphatic heterocycles. The van der Waals surface area contributed by atoms with Crippen molar-refractivity contribution < 1.29 is 22.4 Å². The molecule has 9 heteroatoms. The molecule has 3 aromatic carbocycles. The van der Waals surface area contributed by atoms with Crippen molar-refractivity contribution in [3.63, 3.8) is 0 Å². The molecule has 0 radical (unpaired) electrons. The zero-order valence-corrected chi connectivity index (χ0v) is 23.1. The van der Waals surface area contributed by atoms with E-state index in [1.165, 1.54) is 41.3 Å². The first-order valence-electron chi connectivity index (χ1n) is 12.3. The number of benzene rings is 3. The second kappa shape index (κ2) is 11.8. The predicted octanol–water partition coefficient (Wildman–Crippen LogP) is 4.66. The first-order chi connectivity index (χ1) is 17.8. The number of halogens is 1. The number of carbonyl (C=O) groups is 2. The molecule has 0 spiro atoms. The molecule has 7 nitrogen and oxygen atoms in total. The Hall–Kier alpha value is -3.72. The summed E-state index contributed by atoms with van der Waals surface area (Å²) in [7, 11) is -4.12. The zero-order chi connectivity index (χ0) is 28.1. The third kappa shape index (κ3) is 7.19. The topological polar surface area (TPSA) is 86.8 Å². The average Bonchev–Trinajstić information content (AvgIpc) is 2.86. The van der Waals surface area contributed by atoms with Gasteiger partial charge in [-0.1, -0.05) is 48.5 Å².